The molecule has 3 rings (SSSR count). The molecule has 0 radical (unpaired) electrons. The van der Waals surface area contributed by atoms with Gasteiger partial charge in [-0.05, 0) is 44.2 Å². The Bertz CT molecular complexity index is 1060. The third kappa shape index (κ3) is 3.03. The lowest BCUT2D eigenvalue weighted by Crippen LogP contribution is -2.19. The van der Waals surface area contributed by atoms with Crippen LogP contribution in [0.15, 0.2) is 48.5 Å². The first kappa shape index (κ1) is 17.2. The van der Waals surface area contributed by atoms with Crippen molar-refractivity contribution in [1.29, 1.82) is 5.26 Å². The second kappa shape index (κ2) is 6.73. The molecule has 1 amide bonds. The zero-order valence-corrected chi connectivity index (χ0v) is 14.4. The average molecular weight is 347 g/mol. The third-order valence-corrected chi connectivity index (χ3v) is 4.12. The Kier molecular flexibility index (Phi) is 4.46. The van der Waals surface area contributed by atoms with E-state index in [0.29, 0.717) is 5.69 Å². The van der Waals surface area contributed by atoms with E-state index in [1.54, 1.807) is 6.07 Å². The topological polar surface area (TPSA) is 95.1 Å². The van der Waals surface area contributed by atoms with Gasteiger partial charge in [0, 0.05) is 16.9 Å². The molecule has 0 aliphatic heterocycles. The zero-order valence-electron chi connectivity index (χ0n) is 14.4. The highest BCUT2D eigenvalue weighted by Gasteiger charge is 2.20. The maximum Gasteiger partial charge on any atom is 0.337 e. The molecule has 0 spiro atoms. The summed E-state index contributed by atoms with van der Waals surface area (Å²) in [7, 11) is 0. The van der Waals surface area contributed by atoms with Crippen LogP contribution in [0.2, 0.25) is 0 Å². The zero-order chi connectivity index (χ0) is 18.8. The first-order valence-electron chi connectivity index (χ1n) is 8.11. The molecule has 0 bridgehead atoms. The van der Waals surface area contributed by atoms with Crippen molar-refractivity contribution >= 4 is 28.5 Å². The van der Waals surface area contributed by atoms with Crippen LogP contribution in [-0.2, 0) is 0 Å². The summed E-state index contributed by atoms with van der Waals surface area (Å²) >= 11 is 0. The summed E-state index contributed by atoms with van der Waals surface area (Å²) in [6.07, 6.45) is 0. The quantitative estimate of drug-likeness (QED) is 0.744. The average Bonchev–Trinajstić information content (AvgIpc) is 3.01. The van der Waals surface area contributed by atoms with Crippen LogP contribution in [0, 0.1) is 11.3 Å². The Morgan fingerprint density at radius 2 is 1.88 bits per heavy atom. The fraction of sp³-hybridized carbons (Fsp3) is 0.150. The van der Waals surface area contributed by atoms with E-state index in [1.165, 1.54) is 18.2 Å². The number of amides is 1. The monoisotopic (exact) mass is 347 g/mol. The third-order valence-electron chi connectivity index (χ3n) is 4.12. The number of carboxylic acids is 1. The molecular weight excluding hydrogens is 330 g/mol. The molecule has 0 saturated carbocycles. The fourth-order valence-corrected chi connectivity index (χ4v) is 2.99. The van der Waals surface area contributed by atoms with Crippen molar-refractivity contribution in [3.63, 3.8) is 0 Å². The second-order valence-corrected chi connectivity index (χ2v) is 6.18. The molecule has 2 N–H and O–H groups in total. The Balaban J connectivity index is 2.04. The van der Waals surface area contributed by atoms with E-state index in [0.717, 1.165) is 10.9 Å². The summed E-state index contributed by atoms with van der Waals surface area (Å²) in [5.41, 5.74) is 1.64. The Labute approximate surface area is 150 Å². The SMILES string of the molecule is CC(C)n1c(C(=O)Nc2ccc(C#N)cc2C(=O)O)cc2ccccc21. The molecule has 6 nitrogen and oxygen atoms in total. The number of nitriles is 1. The van der Waals surface area contributed by atoms with Crippen molar-refractivity contribution in [3.8, 4) is 6.07 Å². The molecule has 3 aromatic rings. The number of nitrogens with zero attached hydrogens (tertiary/aromatic N) is 2. The number of para-hydroxylation sites is 1. The number of carbonyl (C=O) groups is 2. The number of carboxylic acid groups (broad SMARTS) is 1. The Morgan fingerprint density at radius 1 is 1.15 bits per heavy atom. The van der Waals surface area contributed by atoms with Crippen molar-refractivity contribution < 1.29 is 14.7 Å². The number of aromatic nitrogens is 1. The Morgan fingerprint density at radius 3 is 2.54 bits per heavy atom. The highest BCUT2D eigenvalue weighted by Crippen LogP contribution is 2.25. The lowest BCUT2D eigenvalue weighted by atomic mass is 10.1. The van der Waals surface area contributed by atoms with Gasteiger partial charge in [-0.25, -0.2) is 4.79 Å². The molecule has 1 aromatic heterocycles. The summed E-state index contributed by atoms with van der Waals surface area (Å²) in [6.45, 7) is 3.96. The van der Waals surface area contributed by atoms with Crippen LogP contribution < -0.4 is 5.32 Å². The maximum absolute atomic E-state index is 12.8. The lowest BCUT2D eigenvalue weighted by molar-refractivity contribution is 0.0698. The van der Waals surface area contributed by atoms with Crippen LogP contribution >= 0.6 is 0 Å². The molecule has 130 valence electrons. The molecule has 1 heterocycles. The van der Waals surface area contributed by atoms with Gasteiger partial charge in [0.05, 0.1) is 22.9 Å². The molecule has 0 unspecified atom stereocenters. The van der Waals surface area contributed by atoms with Gasteiger partial charge in [0.2, 0.25) is 0 Å². The summed E-state index contributed by atoms with van der Waals surface area (Å²) < 4.78 is 1.91. The van der Waals surface area contributed by atoms with E-state index in [9.17, 15) is 14.7 Å². The van der Waals surface area contributed by atoms with E-state index in [1.807, 2.05) is 48.7 Å². The van der Waals surface area contributed by atoms with Gasteiger partial charge in [0.1, 0.15) is 5.69 Å². The maximum atomic E-state index is 12.8. The molecule has 0 saturated heterocycles. The van der Waals surface area contributed by atoms with Crippen molar-refractivity contribution in [2.75, 3.05) is 5.32 Å². The predicted molar refractivity (Wildman–Crippen MR) is 98.4 cm³/mol. The normalized spacial score (nSPS) is 10.7. The van der Waals surface area contributed by atoms with Gasteiger partial charge in [-0.1, -0.05) is 18.2 Å². The predicted octanol–water partition coefficient (Wildman–Crippen LogP) is 4.04. The first-order valence-corrected chi connectivity index (χ1v) is 8.11. The van der Waals surface area contributed by atoms with E-state index < -0.39 is 11.9 Å². The second-order valence-electron chi connectivity index (χ2n) is 6.18. The van der Waals surface area contributed by atoms with Crippen LogP contribution in [0.25, 0.3) is 10.9 Å². The lowest BCUT2D eigenvalue weighted by Gasteiger charge is -2.15. The summed E-state index contributed by atoms with van der Waals surface area (Å²) in [6, 6.07) is 15.6. The largest absolute Gasteiger partial charge is 0.478 e. The van der Waals surface area contributed by atoms with Crippen LogP contribution in [-0.4, -0.2) is 21.6 Å². The van der Waals surface area contributed by atoms with E-state index >= 15 is 0 Å². The number of rotatable bonds is 4. The van der Waals surface area contributed by atoms with Crippen molar-refractivity contribution in [1.82, 2.24) is 4.57 Å². The van der Waals surface area contributed by atoms with Crippen LogP contribution in [0.4, 0.5) is 5.69 Å². The highest BCUT2D eigenvalue weighted by molar-refractivity contribution is 6.09. The van der Waals surface area contributed by atoms with E-state index in [2.05, 4.69) is 5.32 Å². The van der Waals surface area contributed by atoms with Gasteiger partial charge in [-0.3, -0.25) is 4.79 Å². The number of anilines is 1. The molecule has 26 heavy (non-hydrogen) atoms. The highest BCUT2D eigenvalue weighted by atomic mass is 16.4. The van der Waals surface area contributed by atoms with Gasteiger partial charge in [0.15, 0.2) is 0 Å². The number of fused-ring (bicyclic) bond motifs is 1. The molecule has 0 aliphatic carbocycles. The van der Waals surface area contributed by atoms with Crippen LogP contribution in [0.5, 0.6) is 0 Å². The van der Waals surface area contributed by atoms with Crippen molar-refractivity contribution in [3.05, 3.63) is 65.4 Å². The number of carbonyl (C=O) groups excluding carboxylic acids is 1. The summed E-state index contributed by atoms with van der Waals surface area (Å²) in [5.74, 6) is -1.61. The standard InChI is InChI=1S/C20H17N3O3/c1-12(2)23-17-6-4-3-5-14(17)10-18(23)19(24)22-16-8-7-13(11-21)9-15(16)20(25)26/h3-10,12H,1-2H3,(H,22,24)(H,25,26). The Hall–Kier alpha value is -3.59. The minimum absolute atomic E-state index is 0.0514. The number of aromatic carboxylic acids is 1. The smallest absolute Gasteiger partial charge is 0.337 e. The molecule has 0 aliphatic rings. The number of hydrogen-bond donors (Lipinski definition) is 2. The molecule has 0 atom stereocenters. The minimum Gasteiger partial charge on any atom is -0.478 e. The minimum atomic E-state index is -1.21. The van der Waals surface area contributed by atoms with Crippen LogP contribution in [0.3, 0.4) is 0 Å². The van der Waals surface area contributed by atoms with Crippen molar-refractivity contribution in [2.45, 2.75) is 19.9 Å². The molecule has 6 heteroatoms. The number of benzene rings is 2. The molecular formula is C20H17N3O3. The number of nitrogens with one attached hydrogen (secondary N) is 1. The first-order chi connectivity index (χ1) is 12.4. The van der Waals surface area contributed by atoms with Gasteiger partial charge in [0.25, 0.3) is 5.91 Å². The van der Waals surface area contributed by atoms with Crippen molar-refractivity contribution in [2.24, 2.45) is 0 Å². The van der Waals surface area contributed by atoms with Gasteiger partial charge < -0.3 is 15.0 Å². The summed E-state index contributed by atoms with van der Waals surface area (Å²) in [4.78, 5) is 24.3. The van der Waals surface area contributed by atoms with E-state index in [4.69, 9.17) is 5.26 Å². The van der Waals surface area contributed by atoms with Gasteiger partial charge in [-0.15, -0.1) is 0 Å². The van der Waals surface area contributed by atoms with Crippen LogP contribution in [0.1, 0.15) is 46.3 Å². The molecule has 0 fully saturated rings. The van der Waals surface area contributed by atoms with E-state index in [-0.39, 0.29) is 22.9 Å². The fourth-order valence-electron chi connectivity index (χ4n) is 2.99. The van der Waals surface area contributed by atoms with Gasteiger partial charge >= 0.3 is 5.97 Å². The van der Waals surface area contributed by atoms with Gasteiger partial charge in [-0.2, -0.15) is 5.26 Å². The summed E-state index contributed by atoms with van der Waals surface area (Å²) in [5, 5.41) is 21.9. The molecule has 2 aromatic carbocycles. The number of hydrogen-bond acceptors (Lipinski definition) is 3.